The molecule has 0 fully saturated rings. The zero-order valence-corrected chi connectivity index (χ0v) is 8.07. The van der Waals surface area contributed by atoms with Gasteiger partial charge in [-0.05, 0) is 30.2 Å². The Morgan fingerprint density at radius 1 is 1.54 bits per heavy atom. The molecule has 0 aromatic heterocycles. The van der Waals surface area contributed by atoms with E-state index in [-0.39, 0.29) is 12.4 Å². The summed E-state index contributed by atoms with van der Waals surface area (Å²) < 4.78 is 13.3. The summed E-state index contributed by atoms with van der Waals surface area (Å²) in [6.45, 7) is 1.96. The van der Waals surface area contributed by atoms with E-state index in [1.54, 1.807) is 19.1 Å². The van der Waals surface area contributed by atoms with Crippen LogP contribution >= 0.6 is 11.6 Å². The SMILES string of the molecule is Cc1cc(Cl)cc(CCON)c1F. The molecule has 0 saturated carbocycles. The van der Waals surface area contributed by atoms with Gasteiger partial charge in [0.2, 0.25) is 0 Å². The van der Waals surface area contributed by atoms with E-state index >= 15 is 0 Å². The Bertz CT molecular complexity index is 304. The second kappa shape index (κ2) is 4.56. The Hall–Kier alpha value is -0.640. The molecule has 13 heavy (non-hydrogen) atoms. The van der Waals surface area contributed by atoms with Crippen molar-refractivity contribution in [3.8, 4) is 0 Å². The lowest BCUT2D eigenvalue weighted by molar-refractivity contribution is 0.140. The predicted octanol–water partition coefficient (Wildman–Crippen LogP) is 2.22. The minimum atomic E-state index is -0.235. The molecule has 0 amide bonds. The lowest BCUT2D eigenvalue weighted by atomic mass is 10.1. The molecule has 0 saturated heterocycles. The van der Waals surface area contributed by atoms with Crippen LogP contribution in [-0.4, -0.2) is 6.61 Å². The lowest BCUT2D eigenvalue weighted by Crippen LogP contribution is -2.05. The highest BCUT2D eigenvalue weighted by molar-refractivity contribution is 6.30. The van der Waals surface area contributed by atoms with E-state index in [2.05, 4.69) is 4.84 Å². The molecule has 2 nitrogen and oxygen atoms in total. The molecule has 1 rings (SSSR count). The summed E-state index contributed by atoms with van der Waals surface area (Å²) in [5.41, 5.74) is 1.08. The van der Waals surface area contributed by atoms with Gasteiger partial charge in [0.15, 0.2) is 0 Å². The van der Waals surface area contributed by atoms with Gasteiger partial charge in [-0.15, -0.1) is 0 Å². The smallest absolute Gasteiger partial charge is 0.129 e. The van der Waals surface area contributed by atoms with Crippen molar-refractivity contribution in [2.45, 2.75) is 13.3 Å². The fourth-order valence-corrected chi connectivity index (χ4v) is 1.44. The number of benzene rings is 1. The standard InChI is InChI=1S/C9H11ClFNO/c1-6-4-8(10)5-7(9(6)11)2-3-13-12/h4-5H,2-3,12H2,1H3. The second-order valence-electron chi connectivity index (χ2n) is 2.82. The van der Waals surface area contributed by atoms with Crippen molar-refractivity contribution in [1.29, 1.82) is 0 Å². The zero-order valence-electron chi connectivity index (χ0n) is 7.31. The summed E-state index contributed by atoms with van der Waals surface area (Å²) in [4.78, 5) is 4.37. The van der Waals surface area contributed by atoms with E-state index in [4.69, 9.17) is 17.5 Å². The normalized spacial score (nSPS) is 10.5. The Kier molecular flexibility index (Phi) is 3.66. The third-order valence-electron chi connectivity index (χ3n) is 1.78. The van der Waals surface area contributed by atoms with Gasteiger partial charge in [0, 0.05) is 11.4 Å². The Balaban J connectivity index is 2.92. The van der Waals surface area contributed by atoms with E-state index in [9.17, 15) is 4.39 Å². The minimum Gasteiger partial charge on any atom is -0.304 e. The fourth-order valence-electron chi connectivity index (χ4n) is 1.15. The van der Waals surface area contributed by atoms with Gasteiger partial charge in [-0.3, -0.25) is 0 Å². The van der Waals surface area contributed by atoms with Crippen molar-refractivity contribution >= 4 is 11.6 Å². The van der Waals surface area contributed by atoms with E-state index in [1.165, 1.54) is 0 Å². The van der Waals surface area contributed by atoms with Gasteiger partial charge in [-0.25, -0.2) is 10.3 Å². The summed E-state index contributed by atoms with van der Waals surface area (Å²) >= 11 is 5.76. The van der Waals surface area contributed by atoms with Crippen LogP contribution in [0.1, 0.15) is 11.1 Å². The average molecular weight is 204 g/mol. The Morgan fingerprint density at radius 2 is 2.23 bits per heavy atom. The maximum atomic E-state index is 13.3. The van der Waals surface area contributed by atoms with Gasteiger partial charge in [-0.2, -0.15) is 0 Å². The van der Waals surface area contributed by atoms with E-state index in [0.717, 1.165) is 0 Å². The van der Waals surface area contributed by atoms with Crippen LogP contribution in [0.5, 0.6) is 0 Å². The number of halogens is 2. The summed E-state index contributed by atoms with van der Waals surface area (Å²) in [7, 11) is 0. The van der Waals surface area contributed by atoms with E-state index in [0.29, 0.717) is 22.6 Å². The first kappa shape index (κ1) is 10.4. The van der Waals surface area contributed by atoms with Crippen LogP contribution in [-0.2, 0) is 11.3 Å². The van der Waals surface area contributed by atoms with Gasteiger partial charge in [-0.1, -0.05) is 11.6 Å². The molecular formula is C9H11ClFNO. The van der Waals surface area contributed by atoms with Crippen LogP contribution in [0.4, 0.5) is 4.39 Å². The molecule has 0 atom stereocenters. The van der Waals surface area contributed by atoms with Crippen molar-refractivity contribution in [3.63, 3.8) is 0 Å². The van der Waals surface area contributed by atoms with Crippen molar-refractivity contribution < 1.29 is 9.23 Å². The predicted molar refractivity (Wildman–Crippen MR) is 50.0 cm³/mol. The first-order valence-electron chi connectivity index (χ1n) is 3.91. The molecule has 0 aliphatic carbocycles. The molecule has 1 aromatic rings. The lowest BCUT2D eigenvalue weighted by Gasteiger charge is -2.05. The molecule has 2 N–H and O–H groups in total. The van der Waals surface area contributed by atoms with Gasteiger partial charge in [0.1, 0.15) is 5.82 Å². The first-order chi connectivity index (χ1) is 6.15. The van der Waals surface area contributed by atoms with Crippen LogP contribution < -0.4 is 5.90 Å². The quantitative estimate of drug-likeness (QED) is 0.765. The number of rotatable bonds is 3. The number of nitrogens with two attached hydrogens (primary N) is 1. The highest BCUT2D eigenvalue weighted by Crippen LogP contribution is 2.19. The van der Waals surface area contributed by atoms with Crippen molar-refractivity contribution in [1.82, 2.24) is 0 Å². The Morgan fingerprint density at radius 3 is 2.85 bits per heavy atom. The van der Waals surface area contributed by atoms with Gasteiger partial charge >= 0.3 is 0 Å². The molecule has 0 aliphatic heterocycles. The molecule has 4 heteroatoms. The topological polar surface area (TPSA) is 35.2 Å². The monoisotopic (exact) mass is 203 g/mol. The molecule has 0 heterocycles. The minimum absolute atomic E-state index is 0.235. The third kappa shape index (κ3) is 2.66. The maximum absolute atomic E-state index is 13.3. The van der Waals surface area contributed by atoms with Crippen molar-refractivity contribution in [3.05, 3.63) is 34.1 Å². The fraction of sp³-hybridized carbons (Fsp3) is 0.333. The van der Waals surface area contributed by atoms with Crippen molar-refractivity contribution in [2.75, 3.05) is 6.61 Å². The number of hydrogen-bond acceptors (Lipinski definition) is 2. The van der Waals surface area contributed by atoms with Gasteiger partial charge < -0.3 is 4.84 Å². The number of hydrogen-bond donors (Lipinski definition) is 1. The molecule has 72 valence electrons. The first-order valence-corrected chi connectivity index (χ1v) is 4.29. The molecule has 1 aromatic carbocycles. The average Bonchev–Trinajstić information content (AvgIpc) is 2.09. The largest absolute Gasteiger partial charge is 0.304 e. The number of aryl methyl sites for hydroxylation is 1. The molecular weight excluding hydrogens is 193 g/mol. The van der Waals surface area contributed by atoms with E-state index < -0.39 is 0 Å². The summed E-state index contributed by atoms with van der Waals surface area (Å²) in [5, 5.41) is 0.533. The summed E-state index contributed by atoms with van der Waals surface area (Å²) in [6, 6.07) is 3.17. The highest BCUT2D eigenvalue weighted by atomic mass is 35.5. The molecule has 0 aliphatic rings. The second-order valence-corrected chi connectivity index (χ2v) is 3.25. The zero-order chi connectivity index (χ0) is 9.84. The molecule has 0 bridgehead atoms. The molecule has 0 spiro atoms. The van der Waals surface area contributed by atoms with Crippen LogP contribution in [0.15, 0.2) is 12.1 Å². The third-order valence-corrected chi connectivity index (χ3v) is 2.00. The van der Waals surface area contributed by atoms with Gasteiger partial charge in [0.25, 0.3) is 0 Å². The van der Waals surface area contributed by atoms with E-state index in [1.807, 2.05) is 0 Å². The molecule has 0 radical (unpaired) electrons. The summed E-state index contributed by atoms with van der Waals surface area (Å²) in [5.74, 6) is 4.61. The van der Waals surface area contributed by atoms with Crippen LogP contribution in [0.2, 0.25) is 5.02 Å². The van der Waals surface area contributed by atoms with Crippen LogP contribution in [0.3, 0.4) is 0 Å². The van der Waals surface area contributed by atoms with Crippen LogP contribution in [0, 0.1) is 12.7 Å². The highest BCUT2D eigenvalue weighted by Gasteiger charge is 2.06. The van der Waals surface area contributed by atoms with Crippen LogP contribution in [0.25, 0.3) is 0 Å². The van der Waals surface area contributed by atoms with Gasteiger partial charge in [0.05, 0.1) is 6.61 Å². The van der Waals surface area contributed by atoms with Crippen molar-refractivity contribution in [2.24, 2.45) is 5.90 Å². The summed E-state index contributed by atoms with van der Waals surface area (Å²) in [6.07, 6.45) is 0.434. The maximum Gasteiger partial charge on any atom is 0.129 e. The molecule has 0 unspecified atom stereocenters. The Labute approximate surface area is 81.4 Å².